The van der Waals surface area contributed by atoms with Gasteiger partial charge in [0.15, 0.2) is 12.0 Å². The van der Waals surface area contributed by atoms with Crippen LogP contribution in [0.25, 0.3) is 0 Å². The first-order valence-electron chi connectivity index (χ1n) is 5.14. The minimum absolute atomic E-state index is 0.214. The summed E-state index contributed by atoms with van der Waals surface area (Å²) < 4.78 is 0. The van der Waals surface area contributed by atoms with E-state index in [0.29, 0.717) is 11.4 Å². The van der Waals surface area contributed by atoms with Crippen molar-refractivity contribution in [3.05, 3.63) is 41.7 Å². The molecule has 0 bridgehead atoms. The third-order valence-corrected chi connectivity index (χ3v) is 2.47. The number of azo groups is 1. The van der Waals surface area contributed by atoms with E-state index in [0.717, 1.165) is 5.69 Å². The van der Waals surface area contributed by atoms with Gasteiger partial charge in [-0.1, -0.05) is 18.2 Å². The van der Waals surface area contributed by atoms with Gasteiger partial charge in [0.25, 0.3) is 5.91 Å². The molecular formula is C11H9N5O. The van der Waals surface area contributed by atoms with Crippen molar-refractivity contribution in [1.29, 1.82) is 0 Å². The predicted octanol–water partition coefficient (Wildman–Crippen LogP) is 1.26. The smallest absolute Gasteiger partial charge is 0.260 e. The molecule has 1 aromatic rings. The van der Waals surface area contributed by atoms with Crippen molar-refractivity contribution in [3.63, 3.8) is 0 Å². The highest BCUT2D eigenvalue weighted by molar-refractivity contribution is 6.04. The molecular weight excluding hydrogens is 218 g/mol. The fraction of sp³-hybridized carbons (Fsp3) is 0.0909. The summed E-state index contributed by atoms with van der Waals surface area (Å²) in [6, 6.07) is 9.49. The average Bonchev–Trinajstić information content (AvgIpc) is 2.75. The number of carbonyl (C=O) groups excluding carboxylic acids is 1. The first-order chi connectivity index (χ1) is 8.34. The summed E-state index contributed by atoms with van der Waals surface area (Å²) in [5, 5.41) is 13.4. The molecule has 84 valence electrons. The second kappa shape index (κ2) is 3.82. The fourth-order valence-electron chi connectivity index (χ4n) is 1.67. The predicted molar refractivity (Wildman–Crippen MR) is 62.4 cm³/mol. The number of nitrogens with zero attached hydrogens (tertiary/aromatic N) is 3. The van der Waals surface area contributed by atoms with E-state index in [4.69, 9.17) is 0 Å². The van der Waals surface area contributed by atoms with Gasteiger partial charge in [0.2, 0.25) is 0 Å². The molecule has 0 radical (unpaired) electrons. The van der Waals surface area contributed by atoms with Crippen LogP contribution in [0.15, 0.2) is 56.9 Å². The van der Waals surface area contributed by atoms with Crippen LogP contribution in [0.5, 0.6) is 0 Å². The SMILES string of the molecule is O=C1NC=NC2N=NC(Nc3ccccc3)=C12. The first kappa shape index (κ1) is 9.71. The van der Waals surface area contributed by atoms with Crippen LogP contribution >= 0.6 is 0 Å². The largest absolute Gasteiger partial charge is 0.338 e. The minimum Gasteiger partial charge on any atom is -0.338 e. The van der Waals surface area contributed by atoms with Crippen LogP contribution in [0.4, 0.5) is 5.69 Å². The zero-order chi connectivity index (χ0) is 11.7. The maximum atomic E-state index is 11.7. The standard InChI is InChI=1S/C11H9N5O/c17-11-8-9(12-6-13-11)15-16-10(8)14-7-4-2-1-3-5-7/h1-6,9,14H,(H,12,13,17). The van der Waals surface area contributed by atoms with Crippen LogP contribution in [-0.4, -0.2) is 18.4 Å². The van der Waals surface area contributed by atoms with Crippen LogP contribution in [0.2, 0.25) is 0 Å². The van der Waals surface area contributed by atoms with Gasteiger partial charge in [-0.25, -0.2) is 4.99 Å². The topological polar surface area (TPSA) is 78.2 Å². The maximum Gasteiger partial charge on any atom is 0.260 e. The number of amides is 1. The summed E-state index contributed by atoms with van der Waals surface area (Å²) in [5.41, 5.74) is 1.31. The van der Waals surface area contributed by atoms with Gasteiger partial charge in [0.05, 0.1) is 6.34 Å². The van der Waals surface area contributed by atoms with Gasteiger partial charge < -0.3 is 10.6 Å². The lowest BCUT2D eigenvalue weighted by molar-refractivity contribution is -0.116. The van der Waals surface area contributed by atoms with E-state index in [1.165, 1.54) is 6.34 Å². The number of carbonyl (C=O) groups is 1. The van der Waals surface area contributed by atoms with Crippen LogP contribution < -0.4 is 10.6 Å². The molecule has 1 amide bonds. The van der Waals surface area contributed by atoms with Crippen molar-refractivity contribution >= 4 is 17.9 Å². The molecule has 0 saturated heterocycles. The van der Waals surface area contributed by atoms with E-state index in [-0.39, 0.29) is 5.91 Å². The highest BCUT2D eigenvalue weighted by Gasteiger charge is 2.31. The van der Waals surface area contributed by atoms with Crippen molar-refractivity contribution in [2.45, 2.75) is 6.17 Å². The lowest BCUT2D eigenvalue weighted by Crippen LogP contribution is -2.33. The maximum absolute atomic E-state index is 11.7. The van der Waals surface area contributed by atoms with Gasteiger partial charge in [-0.3, -0.25) is 4.79 Å². The molecule has 1 aromatic carbocycles. The Kier molecular flexibility index (Phi) is 2.18. The number of anilines is 1. The molecule has 0 saturated carbocycles. The van der Waals surface area contributed by atoms with Crippen molar-refractivity contribution < 1.29 is 4.79 Å². The van der Waals surface area contributed by atoms with Gasteiger partial charge >= 0.3 is 0 Å². The Balaban J connectivity index is 1.93. The molecule has 0 aromatic heterocycles. The zero-order valence-electron chi connectivity index (χ0n) is 8.79. The van der Waals surface area contributed by atoms with Crippen molar-refractivity contribution in [2.75, 3.05) is 5.32 Å². The number of nitrogens with one attached hydrogen (secondary N) is 2. The normalized spacial score (nSPS) is 21.4. The molecule has 0 fully saturated rings. The monoisotopic (exact) mass is 227 g/mol. The third kappa shape index (κ3) is 1.69. The van der Waals surface area contributed by atoms with Gasteiger partial charge in [-0.15, -0.1) is 5.11 Å². The lowest BCUT2D eigenvalue weighted by Gasteiger charge is -2.12. The minimum atomic E-state index is -0.505. The summed E-state index contributed by atoms with van der Waals surface area (Å²) in [6.45, 7) is 0. The van der Waals surface area contributed by atoms with Crippen LogP contribution in [0.1, 0.15) is 0 Å². The molecule has 0 aliphatic carbocycles. The van der Waals surface area contributed by atoms with Gasteiger partial charge in [0, 0.05) is 5.69 Å². The summed E-state index contributed by atoms with van der Waals surface area (Å²) >= 11 is 0. The Morgan fingerprint density at radius 2 is 2.06 bits per heavy atom. The highest BCUT2D eigenvalue weighted by Crippen LogP contribution is 2.25. The Morgan fingerprint density at radius 1 is 1.24 bits per heavy atom. The van der Waals surface area contributed by atoms with E-state index in [2.05, 4.69) is 25.9 Å². The Labute approximate surface area is 97.2 Å². The second-order valence-corrected chi connectivity index (χ2v) is 3.59. The Morgan fingerprint density at radius 3 is 2.88 bits per heavy atom. The summed E-state index contributed by atoms with van der Waals surface area (Å²) in [5.74, 6) is 0.240. The van der Waals surface area contributed by atoms with E-state index < -0.39 is 6.17 Å². The summed E-state index contributed by atoms with van der Waals surface area (Å²) in [7, 11) is 0. The summed E-state index contributed by atoms with van der Waals surface area (Å²) in [4.78, 5) is 15.7. The van der Waals surface area contributed by atoms with Crippen molar-refractivity contribution in [2.24, 2.45) is 15.2 Å². The molecule has 1 unspecified atom stereocenters. The van der Waals surface area contributed by atoms with E-state index >= 15 is 0 Å². The molecule has 2 heterocycles. The molecule has 2 aliphatic rings. The molecule has 3 rings (SSSR count). The van der Waals surface area contributed by atoms with E-state index in [9.17, 15) is 4.79 Å². The van der Waals surface area contributed by atoms with E-state index in [1.54, 1.807) is 0 Å². The third-order valence-electron chi connectivity index (χ3n) is 2.47. The van der Waals surface area contributed by atoms with Crippen molar-refractivity contribution in [3.8, 4) is 0 Å². The molecule has 1 atom stereocenters. The zero-order valence-corrected chi connectivity index (χ0v) is 8.79. The van der Waals surface area contributed by atoms with Crippen LogP contribution in [0.3, 0.4) is 0 Å². The second-order valence-electron chi connectivity index (χ2n) is 3.59. The van der Waals surface area contributed by atoms with Gasteiger partial charge in [0.1, 0.15) is 5.57 Å². The van der Waals surface area contributed by atoms with Crippen LogP contribution in [0, 0.1) is 0 Å². The number of rotatable bonds is 2. The molecule has 6 heteroatoms. The quantitative estimate of drug-likeness (QED) is 0.797. The number of para-hydroxylation sites is 1. The number of aliphatic imine (C=N–C) groups is 1. The Bertz CT molecular complexity index is 546. The molecule has 6 nitrogen and oxygen atoms in total. The van der Waals surface area contributed by atoms with Crippen molar-refractivity contribution in [1.82, 2.24) is 5.32 Å². The van der Waals surface area contributed by atoms with Gasteiger partial charge in [-0.2, -0.15) is 5.11 Å². The first-order valence-corrected chi connectivity index (χ1v) is 5.14. The molecule has 2 aliphatic heterocycles. The molecule has 17 heavy (non-hydrogen) atoms. The van der Waals surface area contributed by atoms with Crippen LogP contribution in [-0.2, 0) is 4.79 Å². The number of benzene rings is 1. The van der Waals surface area contributed by atoms with Gasteiger partial charge in [-0.05, 0) is 12.1 Å². The number of hydrogen-bond acceptors (Lipinski definition) is 5. The number of fused-ring (bicyclic) bond motifs is 1. The number of hydrogen-bond donors (Lipinski definition) is 2. The van der Waals surface area contributed by atoms with E-state index in [1.807, 2.05) is 30.3 Å². The summed E-state index contributed by atoms with van der Waals surface area (Å²) in [6.07, 6.45) is 0.844. The molecule has 0 spiro atoms. The Hall–Kier alpha value is -2.50. The highest BCUT2D eigenvalue weighted by atomic mass is 16.2. The molecule has 2 N–H and O–H groups in total. The lowest BCUT2D eigenvalue weighted by atomic mass is 10.2. The fourth-order valence-corrected chi connectivity index (χ4v) is 1.67. The average molecular weight is 227 g/mol.